The van der Waals surface area contributed by atoms with Gasteiger partial charge in [0.2, 0.25) is 0 Å². The first kappa shape index (κ1) is 18.1. The van der Waals surface area contributed by atoms with Crippen molar-refractivity contribution in [1.29, 1.82) is 0 Å². The van der Waals surface area contributed by atoms with E-state index in [1.165, 1.54) is 7.11 Å². The molecule has 24 heavy (non-hydrogen) atoms. The molecule has 1 aromatic rings. The fourth-order valence-corrected chi connectivity index (χ4v) is 2.94. The van der Waals surface area contributed by atoms with Crippen LogP contribution in [0.2, 0.25) is 0 Å². The van der Waals surface area contributed by atoms with Crippen molar-refractivity contribution in [2.75, 3.05) is 38.7 Å². The lowest BCUT2D eigenvalue weighted by molar-refractivity contribution is 0.0892. The summed E-state index contributed by atoms with van der Waals surface area (Å²) >= 11 is 0. The molecule has 132 valence electrons. The highest BCUT2D eigenvalue weighted by atomic mass is 16.5. The highest BCUT2D eigenvalue weighted by Crippen LogP contribution is 2.16. The van der Waals surface area contributed by atoms with Crippen LogP contribution in [0.15, 0.2) is 24.3 Å². The Morgan fingerprint density at radius 2 is 1.88 bits per heavy atom. The number of hydrogen-bond acceptors (Lipinski definition) is 4. The van der Waals surface area contributed by atoms with E-state index in [9.17, 15) is 9.59 Å². The maximum absolute atomic E-state index is 12.4. The predicted octanol–water partition coefficient (Wildman–Crippen LogP) is 2.49. The number of piperidine rings is 1. The summed E-state index contributed by atoms with van der Waals surface area (Å²) in [6, 6.07) is 7.77. The minimum absolute atomic E-state index is 0.0591. The fourth-order valence-electron chi connectivity index (χ4n) is 2.94. The number of nitrogens with one attached hydrogen (secondary N) is 1. The Hall–Kier alpha value is -2.24. The van der Waals surface area contributed by atoms with Crippen molar-refractivity contribution in [3.05, 3.63) is 29.8 Å². The lowest BCUT2D eigenvalue weighted by Crippen LogP contribution is -2.46. The Kier molecular flexibility index (Phi) is 6.46. The Labute approximate surface area is 143 Å². The summed E-state index contributed by atoms with van der Waals surface area (Å²) < 4.78 is 4.72. The summed E-state index contributed by atoms with van der Waals surface area (Å²) in [6.45, 7) is 4.35. The molecular weight excluding hydrogens is 306 g/mol. The van der Waals surface area contributed by atoms with Crippen molar-refractivity contribution >= 4 is 17.7 Å². The zero-order chi connectivity index (χ0) is 17.5. The van der Waals surface area contributed by atoms with Gasteiger partial charge in [0.25, 0.3) is 5.91 Å². The summed E-state index contributed by atoms with van der Waals surface area (Å²) in [5.74, 6) is -0.0591. The van der Waals surface area contributed by atoms with Gasteiger partial charge in [0, 0.05) is 44.0 Å². The third kappa shape index (κ3) is 4.63. The molecule has 2 amide bonds. The molecule has 6 heteroatoms. The SMILES string of the molecule is CCCN(C)c1ccc(C(=O)NC2CCN(C(=O)OC)CC2)cc1. The Morgan fingerprint density at radius 1 is 1.25 bits per heavy atom. The average molecular weight is 333 g/mol. The standard InChI is InChI=1S/C18H27N3O3/c1-4-11-20(2)16-7-5-14(6-8-16)17(22)19-15-9-12-21(13-10-15)18(23)24-3/h5-8,15H,4,9-13H2,1-3H3,(H,19,22). The van der Waals surface area contributed by atoms with E-state index in [1.807, 2.05) is 31.3 Å². The third-order valence-electron chi connectivity index (χ3n) is 4.39. The van der Waals surface area contributed by atoms with Gasteiger partial charge in [-0.15, -0.1) is 0 Å². The van der Waals surface area contributed by atoms with Gasteiger partial charge in [-0.3, -0.25) is 4.79 Å². The van der Waals surface area contributed by atoms with E-state index in [1.54, 1.807) is 4.90 Å². The first-order chi connectivity index (χ1) is 11.5. The molecule has 6 nitrogen and oxygen atoms in total. The average Bonchev–Trinajstić information content (AvgIpc) is 2.62. The topological polar surface area (TPSA) is 61.9 Å². The van der Waals surface area contributed by atoms with Crippen LogP contribution < -0.4 is 10.2 Å². The van der Waals surface area contributed by atoms with Crippen LogP contribution in [0.5, 0.6) is 0 Å². The molecule has 0 aromatic heterocycles. The highest BCUT2D eigenvalue weighted by Gasteiger charge is 2.24. The van der Waals surface area contributed by atoms with E-state index in [0.29, 0.717) is 18.7 Å². The lowest BCUT2D eigenvalue weighted by Gasteiger charge is -2.31. The van der Waals surface area contributed by atoms with Crippen LogP contribution in [-0.2, 0) is 4.74 Å². The minimum Gasteiger partial charge on any atom is -0.453 e. The molecule has 1 aliphatic rings. The van der Waals surface area contributed by atoms with Crippen molar-refractivity contribution in [3.8, 4) is 0 Å². The van der Waals surface area contributed by atoms with E-state index in [-0.39, 0.29) is 18.0 Å². The highest BCUT2D eigenvalue weighted by molar-refractivity contribution is 5.94. The summed E-state index contributed by atoms with van der Waals surface area (Å²) in [4.78, 5) is 27.7. The van der Waals surface area contributed by atoms with Gasteiger partial charge in [0.15, 0.2) is 0 Å². The summed E-state index contributed by atoms with van der Waals surface area (Å²) in [7, 11) is 3.44. The van der Waals surface area contributed by atoms with Gasteiger partial charge in [0.05, 0.1) is 7.11 Å². The molecule has 2 rings (SSSR count). The molecule has 0 spiro atoms. The maximum atomic E-state index is 12.4. The smallest absolute Gasteiger partial charge is 0.409 e. The molecule has 0 radical (unpaired) electrons. The van der Waals surface area contributed by atoms with Crippen molar-refractivity contribution in [3.63, 3.8) is 0 Å². The molecule has 1 saturated heterocycles. The van der Waals surface area contributed by atoms with Gasteiger partial charge in [-0.25, -0.2) is 4.79 Å². The second kappa shape index (κ2) is 8.57. The first-order valence-electron chi connectivity index (χ1n) is 8.50. The van der Waals surface area contributed by atoms with E-state index in [4.69, 9.17) is 4.74 Å². The third-order valence-corrected chi connectivity index (χ3v) is 4.39. The van der Waals surface area contributed by atoms with E-state index in [0.717, 1.165) is 31.5 Å². The van der Waals surface area contributed by atoms with Crippen molar-refractivity contribution in [2.24, 2.45) is 0 Å². The molecule has 0 atom stereocenters. The number of nitrogens with zero attached hydrogens (tertiary/aromatic N) is 2. The number of carbonyl (C=O) groups is 2. The van der Waals surface area contributed by atoms with Gasteiger partial charge in [-0.05, 0) is 43.5 Å². The van der Waals surface area contributed by atoms with Gasteiger partial charge in [-0.1, -0.05) is 6.92 Å². The van der Waals surface area contributed by atoms with Crippen LogP contribution in [0.25, 0.3) is 0 Å². The molecule has 0 unspecified atom stereocenters. The van der Waals surface area contributed by atoms with Crippen molar-refractivity contribution in [1.82, 2.24) is 10.2 Å². The van der Waals surface area contributed by atoms with E-state index in [2.05, 4.69) is 17.1 Å². The van der Waals surface area contributed by atoms with Crippen LogP contribution in [-0.4, -0.2) is 56.7 Å². The van der Waals surface area contributed by atoms with Crippen LogP contribution in [0.3, 0.4) is 0 Å². The molecule has 1 heterocycles. The van der Waals surface area contributed by atoms with Crippen molar-refractivity contribution < 1.29 is 14.3 Å². The normalized spacial score (nSPS) is 15.0. The maximum Gasteiger partial charge on any atom is 0.409 e. The lowest BCUT2D eigenvalue weighted by atomic mass is 10.0. The Morgan fingerprint density at radius 3 is 2.42 bits per heavy atom. The summed E-state index contributed by atoms with van der Waals surface area (Å²) in [6.07, 6.45) is 2.28. The van der Waals surface area contributed by atoms with Crippen molar-refractivity contribution in [2.45, 2.75) is 32.2 Å². The van der Waals surface area contributed by atoms with Crippen LogP contribution in [0.4, 0.5) is 10.5 Å². The zero-order valence-electron chi connectivity index (χ0n) is 14.7. The predicted molar refractivity (Wildman–Crippen MR) is 94.5 cm³/mol. The number of hydrogen-bond donors (Lipinski definition) is 1. The Bertz CT molecular complexity index is 551. The second-order valence-corrected chi connectivity index (χ2v) is 6.17. The molecule has 1 aliphatic heterocycles. The zero-order valence-corrected chi connectivity index (χ0v) is 14.7. The number of anilines is 1. The number of ether oxygens (including phenoxy) is 1. The molecule has 1 aromatic carbocycles. The van der Waals surface area contributed by atoms with Gasteiger partial charge >= 0.3 is 6.09 Å². The van der Waals surface area contributed by atoms with Crippen LogP contribution in [0.1, 0.15) is 36.5 Å². The largest absolute Gasteiger partial charge is 0.453 e. The molecule has 0 saturated carbocycles. The molecule has 0 bridgehead atoms. The summed E-state index contributed by atoms with van der Waals surface area (Å²) in [5, 5.41) is 3.06. The number of amides is 2. The van der Waals surface area contributed by atoms with Gasteiger partial charge in [-0.2, -0.15) is 0 Å². The number of benzene rings is 1. The monoisotopic (exact) mass is 333 g/mol. The fraction of sp³-hybridized carbons (Fsp3) is 0.556. The van der Waals surface area contributed by atoms with E-state index < -0.39 is 0 Å². The Balaban J connectivity index is 1.86. The number of carbonyl (C=O) groups excluding carboxylic acids is 2. The first-order valence-corrected chi connectivity index (χ1v) is 8.50. The number of rotatable bonds is 5. The van der Waals surface area contributed by atoms with Crippen LogP contribution in [0, 0.1) is 0 Å². The second-order valence-electron chi connectivity index (χ2n) is 6.17. The van der Waals surface area contributed by atoms with Gasteiger partial charge < -0.3 is 19.9 Å². The van der Waals surface area contributed by atoms with E-state index >= 15 is 0 Å². The number of methoxy groups -OCH3 is 1. The summed E-state index contributed by atoms with van der Waals surface area (Å²) in [5.41, 5.74) is 1.78. The molecule has 0 aliphatic carbocycles. The minimum atomic E-state index is -0.299. The number of likely N-dealkylation sites (tertiary alicyclic amines) is 1. The quantitative estimate of drug-likeness (QED) is 0.899. The molecule has 1 fully saturated rings. The molecule has 1 N–H and O–H groups in total. The van der Waals surface area contributed by atoms with Crippen LogP contribution >= 0.6 is 0 Å². The molecular formula is C18H27N3O3. The van der Waals surface area contributed by atoms with Gasteiger partial charge in [0.1, 0.15) is 0 Å².